The van der Waals surface area contributed by atoms with Crippen molar-refractivity contribution in [2.75, 3.05) is 0 Å². The second kappa shape index (κ2) is 5.76. The van der Waals surface area contributed by atoms with Gasteiger partial charge in [-0.1, -0.05) is 37.3 Å². The molecule has 0 bridgehead atoms. The van der Waals surface area contributed by atoms with Crippen LogP contribution in [0.25, 0.3) is 0 Å². The van der Waals surface area contributed by atoms with Gasteiger partial charge in [-0.25, -0.2) is 5.43 Å². The van der Waals surface area contributed by atoms with Gasteiger partial charge in [-0.15, -0.1) is 0 Å². The van der Waals surface area contributed by atoms with Gasteiger partial charge in [-0.3, -0.25) is 10.8 Å². The number of nitrogens with zero attached hydrogens (tertiary/aromatic N) is 1. The Hall–Kier alpha value is -1.71. The minimum atomic E-state index is -0.0589. The Morgan fingerprint density at radius 3 is 2.67 bits per heavy atom. The first-order valence-electron chi connectivity index (χ1n) is 6.23. The smallest absolute Gasteiger partial charge is 0.0881 e. The third kappa shape index (κ3) is 2.75. The zero-order valence-electron chi connectivity index (χ0n) is 10.9. The molecule has 0 aliphatic carbocycles. The molecular weight excluding hydrogens is 222 g/mol. The maximum Gasteiger partial charge on any atom is 0.0881 e. The van der Waals surface area contributed by atoms with Gasteiger partial charge < -0.3 is 0 Å². The highest BCUT2D eigenvalue weighted by atomic mass is 15.2. The van der Waals surface area contributed by atoms with E-state index in [1.165, 1.54) is 5.56 Å². The van der Waals surface area contributed by atoms with E-state index in [0.29, 0.717) is 0 Å². The average molecular weight is 241 g/mol. The van der Waals surface area contributed by atoms with Crippen molar-refractivity contribution in [1.82, 2.24) is 10.4 Å². The Balaban J connectivity index is 2.38. The minimum absolute atomic E-state index is 0.0589. The van der Waals surface area contributed by atoms with E-state index in [1.54, 1.807) is 0 Å². The molecule has 0 saturated carbocycles. The molecule has 1 atom stereocenters. The number of aryl methyl sites for hydroxylation is 2. The number of pyridine rings is 1. The zero-order chi connectivity index (χ0) is 13.0. The molecule has 1 heterocycles. The highest BCUT2D eigenvalue weighted by Gasteiger charge is 2.13. The van der Waals surface area contributed by atoms with Crippen LogP contribution in [0.5, 0.6) is 0 Å². The summed E-state index contributed by atoms with van der Waals surface area (Å²) >= 11 is 0. The Morgan fingerprint density at radius 1 is 1.22 bits per heavy atom. The fourth-order valence-electron chi connectivity index (χ4n) is 2.07. The van der Waals surface area contributed by atoms with Gasteiger partial charge in [0.05, 0.1) is 11.7 Å². The highest BCUT2D eigenvalue weighted by Crippen LogP contribution is 2.21. The molecule has 3 N–H and O–H groups in total. The molecule has 2 rings (SSSR count). The first-order valence-corrected chi connectivity index (χ1v) is 6.23. The standard InChI is InChI=1S/C15H19N3/c1-3-12-7-5-8-13(10-12)15(18-16)14-9-4-6-11(2)17-14/h4-10,15,18H,3,16H2,1-2H3. The molecule has 18 heavy (non-hydrogen) atoms. The van der Waals surface area contributed by atoms with Crippen LogP contribution in [0.1, 0.15) is 35.5 Å². The van der Waals surface area contributed by atoms with Crippen molar-refractivity contribution in [3.63, 3.8) is 0 Å². The molecule has 3 nitrogen and oxygen atoms in total. The number of benzene rings is 1. The number of nitrogens with two attached hydrogens (primary N) is 1. The Kier molecular flexibility index (Phi) is 4.07. The van der Waals surface area contributed by atoms with Crippen molar-refractivity contribution in [2.24, 2.45) is 5.84 Å². The topological polar surface area (TPSA) is 50.9 Å². The molecule has 1 aromatic carbocycles. The summed E-state index contributed by atoms with van der Waals surface area (Å²) < 4.78 is 0. The molecule has 0 aliphatic rings. The summed E-state index contributed by atoms with van der Waals surface area (Å²) in [4.78, 5) is 4.53. The van der Waals surface area contributed by atoms with Gasteiger partial charge in [0.1, 0.15) is 0 Å². The summed E-state index contributed by atoms with van der Waals surface area (Å²) in [5.74, 6) is 5.69. The molecule has 2 aromatic rings. The van der Waals surface area contributed by atoms with E-state index in [0.717, 1.165) is 23.4 Å². The Morgan fingerprint density at radius 2 is 2.00 bits per heavy atom. The van der Waals surface area contributed by atoms with E-state index >= 15 is 0 Å². The molecule has 0 radical (unpaired) electrons. The summed E-state index contributed by atoms with van der Waals surface area (Å²) in [6.45, 7) is 4.13. The van der Waals surface area contributed by atoms with Crippen molar-refractivity contribution in [3.05, 3.63) is 65.0 Å². The van der Waals surface area contributed by atoms with Crippen LogP contribution in [0.4, 0.5) is 0 Å². The summed E-state index contributed by atoms with van der Waals surface area (Å²) in [5, 5.41) is 0. The number of nitrogens with one attached hydrogen (secondary N) is 1. The minimum Gasteiger partial charge on any atom is -0.271 e. The number of aromatic nitrogens is 1. The Bertz CT molecular complexity index is 523. The van der Waals surface area contributed by atoms with Gasteiger partial charge in [-0.05, 0) is 36.6 Å². The number of hydrazine groups is 1. The second-order valence-electron chi connectivity index (χ2n) is 4.40. The van der Waals surface area contributed by atoms with Crippen molar-refractivity contribution < 1.29 is 0 Å². The van der Waals surface area contributed by atoms with Gasteiger partial charge in [0, 0.05) is 5.69 Å². The molecule has 94 valence electrons. The quantitative estimate of drug-likeness (QED) is 0.639. The number of rotatable bonds is 4. The number of hydrogen-bond donors (Lipinski definition) is 2. The second-order valence-corrected chi connectivity index (χ2v) is 4.40. The van der Waals surface area contributed by atoms with Crippen LogP contribution in [0.2, 0.25) is 0 Å². The van der Waals surface area contributed by atoms with Crippen LogP contribution in [-0.4, -0.2) is 4.98 Å². The van der Waals surface area contributed by atoms with Crippen LogP contribution < -0.4 is 11.3 Å². The SMILES string of the molecule is CCc1cccc(C(NN)c2cccc(C)n2)c1. The monoisotopic (exact) mass is 241 g/mol. The lowest BCUT2D eigenvalue weighted by Gasteiger charge is -2.17. The maximum atomic E-state index is 5.69. The summed E-state index contributed by atoms with van der Waals surface area (Å²) in [5.41, 5.74) is 7.25. The van der Waals surface area contributed by atoms with E-state index in [1.807, 2.05) is 25.1 Å². The van der Waals surface area contributed by atoms with E-state index < -0.39 is 0 Å². The third-order valence-corrected chi connectivity index (χ3v) is 3.06. The van der Waals surface area contributed by atoms with Crippen LogP contribution in [0.3, 0.4) is 0 Å². The lowest BCUT2D eigenvalue weighted by atomic mass is 10.0. The van der Waals surface area contributed by atoms with Gasteiger partial charge in [-0.2, -0.15) is 0 Å². The molecule has 3 heteroatoms. The van der Waals surface area contributed by atoms with Crippen LogP contribution >= 0.6 is 0 Å². The first kappa shape index (κ1) is 12.7. The average Bonchev–Trinajstić information content (AvgIpc) is 2.40. The third-order valence-electron chi connectivity index (χ3n) is 3.06. The maximum absolute atomic E-state index is 5.69. The largest absolute Gasteiger partial charge is 0.271 e. The van der Waals surface area contributed by atoms with Crippen molar-refractivity contribution in [1.29, 1.82) is 0 Å². The summed E-state index contributed by atoms with van der Waals surface area (Å²) in [6, 6.07) is 14.4. The molecule has 0 amide bonds. The molecule has 0 saturated heterocycles. The van der Waals surface area contributed by atoms with E-state index in [2.05, 4.69) is 41.6 Å². The summed E-state index contributed by atoms with van der Waals surface area (Å²) in [7, 11) is 0. The van der Waals surface area contributed by atoms with Crippen molar-refractivity contribution >= 4 is 0 Å². The van der Waals surface area contributed by atoms with E-state index in [-0.39, 0.29) is 6.04 Å². The van der Waals surface area contributed by atoms with Crippen molar-refractivity contribution in [2.45, 2.75) is 26.3 Å². The fraction of sp³-hybridized carbons (Fsp3) is 0.267. The molecular formula is C15H19N3. The van der Waals surface area contributed by atoms with Gasteiger partial charge in [0.25, 0.3) is 0 Å². The summed E-state index contributed by atoms with van der Waals surface area (Å²) in [6.07, 6.45) is 1.02. The zero-order valence-corrected chi connectivity index (χ0v) is 10.9. The van der Waals surface area contributed by atoms with Crippen LogP contribution in [0, 0.1) is 6.92 Å². The predicted octanol–water partition coefficient (Wildman–Crippen LogP) is 2.51. The lowest BCUT2D eigenvalue weighted by Crippen LogP contribution is -2.29. The molecule has 1 aromatic heterocycles. The lowest BCUT2D eigenvalue weighted by molar-refractivity contribution is 0.618. The predicted molar refractivity (Wildman–Crippen MR) is 74.0 cm³/mol. The van der Waals surface area contributed by atoms with E-state index in [9.17, 15) is 0 Å². The van der Waals surface area contributed by atoms with Gasteiger partial charge >= 0.3 is 0 Å². The molecule has 0 fully saturated rings. The normalized spacial score (nSPS) is 12.4. The molecule has 0 spiro atoms. The first-order chi connectivity index (χ1) is 8.74. The van der Waals surface area contributed by atoms with Crippen LogP contribution in [0.15, 0.2) is 42.5 Å². The van der Waals surface area contributed by atoms with Gasteiger partial charge in [0.15, 0.2) is 0 Å². The fourth-order valence-corrected chi connectivity index (χ4v) is 2.07. The van der Waals surface area contributed by atoms with Gasteiger partial charge in [0.2, 0.25) is 0 Å². The number of hydrogen-bond acceptors (Lipinski definition) is 3. The van der Waals surface area contributed by atoms with Crippen molar-refractivity contribution in [3.8, 4) is 0 Å². The Labute approximate surface area is 108 Å². The molecule has 0 aliphatic heterocycles. The van der Waals surface area contributed by atoms with E-state index in [4.69, 9.17) is 5.84 Å². The molecule has 1 unspecified atom stereocenters. The van der Waals surface area contributed by atoms with Crippen LogP contribution in [-0.2, 0) is 6.42 Å². The highest BCUT2D eigenvalue weighted by molar-refractivity contribution is 5.31.